The zero-order valence-electron chi connectivity index (χ0n) is 25.0. The highest BCUT2D eigenvalue weighted by molar-refractivity contribution is 7.90. The third-order valence-electron chi connectivity index (χ3n) is 10.5. The predicted molar refractivity (Wildman–Crippen MR) is 161 cm³/mol. The summed E-state index contributed by atoms with van der Waals surface area (Å²) in [5.41, 5.74) is 1.03. The number of anilines is 2. The molecule has 232 valence electrons. The molecule has 2 spiro atoms. The van der Waals surface area contributed by atoms with E-state index in [1.807, 2.05) is 11.0 Å². The quantitative estimate of drug-likeness (QED) is 0.436. The second kappa shape index (κ2) is 9.64. The molecule has 1 saturated heterocycles. The van der Waals surface area contributed by atoms with Crippen LogP contribution in [0.1, 0.15) is 62.7 Å². The summed E-state index contributed by atoms with van der Waals surface area (Å²) >= 11 is 0. The fourth-order valence-corrected chi connectivity index (χ4v) is 9.00. The van der Waals surface area contributed by atoms with E-state index in [0.717, 1.165) is 12.3 Å². The van der Waals surface area contributed by atoms with Crippen molar-refractivity contribution < 1.29 is 22.7 Å². The van der Waals surface area contributed by atoms with Crippen LogP contribution < -0.4 is 19.7 Å². The first kappa shape index (κ1) is 27.8. The van der Waals surface area contributed by atoms with E-state index in [1.165, 1.54) is 31.7 Å². The average Bonchev–Trinajstić information content (AvgIpc) is 3.94. The Kier molecular flexibility index (Phi) is 6.10. The van der Waals surface area contributed by atoms with Crippen molar-refractivity contribution >= 4 is 27.6 Å². The van der Waals surface area contributed by atoms with Gasteiger partial charge < -0.3 is 19.7 Å². The maximum atomic E-state index is 13.6. The maximum Gasteiger partial charge on any atom is 0.281 e. The summed E-state index contributed by atoms with van der Waals surface area (Å²) in [5, 5.41) is 7.46. The topological polar surface area (TPSA) is 141 Å². The fourth-order valence-electron chi connectivity index (χ4n) is 8.06. The Bertz CT molecular complexity index is 1730. The molecule has 0 aromatic carbocycles. The lowest BCUT2D eigenvalue weighted by Gasteiger charge is -2.33. The lowest BCUT2D eigenvalue weighted by Crippen LogP contribution is -2.41. The third kappa shape index (κ3) is 4.54. The van der Waals surface area contributed by atoms with Gasteiger partial charge in [-0.05, 0) is 93.4 Å². The van der Waals surface area contributed by atoms with Crippen molar-refractivity contribution in [3.8, 4) is 11.7 Å². The number of ether oxygens (including phenoxy) is 2. The van der Waals surface area contributed by atoms with Gasteiger partial charge in [-0.2, -0.15) is 8.42 Å². The van der Waals surface area contributed by atoms with E-state index in [1.54, 1.807) is 35.1 Å². The summed E-state index contributed by atoms with van der Waals surface area (Å²) in [6, 6.07) is 9.67. The van der Waals surface area contributed by atoms with Gasteiger partial charge in [-0.15, -0.1) is 5.10 Å². The zero-order valence-corrected chi connectivity index (χ0v) is 25.8. The van der Waals surface area contributed by atoms with E-state index in [9.17, 15) is 13.2 Å². The number of carbonyl (C=O) groups is 1. The van der Waals surface area contributed by atoms with Crippen molar-refractivity contribution in [3.05, 3.63) is 48.2 Å². The molecule has 4 fully saturated rings. The van der Waals surface area contributed by atoms with Crippen LogP contribution in [0.4, 0.5) is 11.6 Å². The number of carbonyl (C=O) groups excluding carboxylic acids is 1. The lowest BCUT2D eigenvalue weighted by molar-refractivity contribution is 0.0710. The highest BCUT2D eigenvalue weighted by Crippen LogP contribution is 2.93. The van der Waals surface area contributed by atoms with Crippen LogP contribution in [0.25, 0.3) is 5.82 Å². The van der Waals surface area contributed by atoms with Gasteiger partial charge in [0.15, 0.2) is 10.8 Å². The van der Waals surface area contributed by atoms with Gasteiger partial charge in [0.1, 0.15) is 11.6 Å². The van der Waals surface area contributed by atoms with Crippen molar-refractivity contribution in [1.29, 1.82) is 0 Å². The maximum absolute atomic E-state index is 13.6. The summed E-state index contributed by atoms with van der Waals surface area (Å²) in [6.45, 7) is 6.12. The van der Waals surface area contributed by atoms with Gasteiger partial charge in [0.2, 0.25) is 5.88 Å². The third-order valence-corrected chi connectivity index (χ3v) is 11.7. The van der Waals surface area contributed by atoms with E-state index in [0.29, 0.717) is 66.9 Å². The molecule has 5 aliphatic rings. The number of sulfonamides is 1. The molecule has 8 rings (SSSR count). The Balaban J connectivity index is 1.07. The van der Waals surface area contributed by atoms with Gasteiger partial charge in [-0.3, -0.25) is 4.79 Å². The molecular weight excluding hydrogens is 582 g/mol. The van der Waals surface area contributed by atoms with E-state index < -0.39 is 21.5 Å². The van der Waals surface area contributed by atoms with E-state index in [4.69, 9.17) is 14.5 Å². The standard InChI is InChI=1S/C31H37N7O5S/c1-29(2)18-20-19-37(29)27-21(28(39)36-44(40,41)26-5-3-4-23(33-26)32-14-17-42-20)6-7-24(34-27)38-15-8-25(35-38)43-16-9-22-30(10-11-30)31(22)12-13-31/h3-8,15,20,22H,9-14,16-19H2,1-2H3,(H,32,33)(H,36,39)/t20-/m1/s1. The Labute approximate surface area is 256 Å². The molecular formula is C31H37N7O5S. The Morgan fingerprint density at radius 3 is 2.64 bits per heavy atom. The second-order valence-corrected chi connectivity index (χ2v) is 15.1. The molecule has 5 heterocycles. The highest BCUT2D eigenvalue weighted by Gasteiger charge is 2.85. The Morgan fingerprint density at radius 1 is 1.07 bits per heavy atom. The minimum absolute atomic E-state index is 0.109. The average molecular weight is 620 g/mol. The SMILES string of the molecule is CC1(C)C[C@@H]2CN1c1nc(-n3ccc(OCCC4C5(CC5)C45CC5)n3)ccc1C(=O)NS(=O)(=O)c1cccc(n1)NCCO2. The van der Waals surface area contributed by atoms with Crippen molar-refractivity contribution in [2.75, 3.05) is 36.5 Å². The molecule has 1 atom stereocenters. The van der Waals surface area contributed by atoms with Gasteiger partial charge in [0.25, 0.3) is 15.9 Å². The van der Waals surface area contributed by atoms with Crippen LogP contribution in [-0.4, -0.2) is 72.0 Å². The van der Waals surface area contributed by atoms with Gasteiger partial charge in [-0.1, -0.05) is 6.07 Å². The zero-order chi connectivity index (χ0) is 30.3. The first-order chi connectivity index (χ1) is 21.1. The molecule has 3 aliphatic carbocycles. The van der Waals surface area contributed by atoms with Crippen LogP contribution in [0.2, 0.25) is 0 Å². The largest absolute Gasteiger partial charge is 0.477 e. The number of pyridine rings is 2. The number of hydrogen-bond donors (Lipinski definition) is 2. The molecule has 2 N–H and O–H groups in total. The predicted octanol–water partition coefficient (Wildman–Crippen LogP) is 3.54. The number of fused-ring (bicyclic) bond motifs is 7. The highest BCUT2D eigenvalue weighted by atomic mass is 32.2. The number of nitrogens with zero attached hydrogens (tertiary/aromatic N) is 5. The summed E-state index contributed by atoms with van der Waals surface area (Å²) in [5.74, 6) is 1.78. The summed E-state index contributed by atoms with van der Waals surface area (Å²) in [7, 11) is -4.25. The molecule has 4 bridgehead atoms. The Hall–Kier alpha value is -3.71. The molecule has 3 saturated carbocycles. The summed E-state index contributed by atoms with van der Waals surface area (Å²) < 4.78 is 42.5. The number of nitrogens with one attached hydrogen (secondary N) is 2. The van der Waals surface area contributed by atoms with Crippen molar-refractivity contribution in [2.45, 2.75) is 69.0 Å². The number of amides is 1. The number of hydrogen-bond acceptors (Lipinski definition) is 10. The van der Waals surface area contributed by atoms with Crippen LogP contribution in [0.3, 0.4) is 0 Å². The normalized spacial score (nSPS) is 25.4. The van der Waals surface area contributed by atoms with Crippen LogP contribution in [0.5, 0.6) is 5.88 Å². The van der Waals surface area contributed by atoms with E-state index in [2.05, 4.69) is 34.0 Å². The Morgan fingerprint density at radius 2 is 1.86 bits per heavy atom. The van der Waals surface area contributed by atoms with Gasteiger partial charge in [0.05, 0.1) is 24.9 Å². The molecule has 0 radical (unpaired) electrons. The smallest absolute Gasteiger partial charge is 0.281 e. The summed E-state index contributed by atoms with van der Waals surface area (Å²) in [6.07, 6.45) is 9.02. The minimum Gasteiger partial charge on any atom is -0.477 e. The fraction of sp³-hybridized carbons (Fsp3) is 0.548. The second-order valence-electron chi connectivity index (χ2n) is 13.5. The van der Waals surface area contributed by atoms with Crippen LogP contribution >= 0.6 is 0 Å². The summed E-state index contributed by atoms with van der Waals surface area (Å²) in [4.78, 5) is 24.7. The lowest BCUT2D eigenvalue weighted by atomic mass is 10.0. The van der Waals surface area contributed by atoms with Crippen molar-refractivity contribution in [1.82, 2.24) is 24.5 Å². The van der Waals surface area contributed by atoms with Crippen molar-refractivity contribution in [3.63, 3.8) is 0 Å². The molecule has 3 aromatic rings. The molecule has 12 nitrogen and oxygen atoms in total. The molecule has 2 aliphatic heterocycles. The van der Waals surface area contributed by atoms with Crippen LogP contribution in [-0.2, 0) is 14.8 Å². The first-order valence-corrected chi connectivity index (χ1v) is 17.0. The van der Waals surface area contributed by atoms with Gasteiger partial charge in [-0.25, -0.2) is 19.4 Å². The molecule has 3 aromatic heterocycles. The van der Waals surface area contributed by atoms with Crippen LogP contribution in [0, 0.1) is 16.7 Å². The molecule has 1 amide bonds. The molecule has 44 heavy (non-hydrogen) atoms. The monoisotopic (exact) mass is 619 g/mol. The molecule has 13 heteroatoms. The van der Waals surface area contributed by atoms with Gasteiger partial charge in [0, 0.05) is 30.9 Å². The van der Waals surface area contributed by atoms with Gasteiger partial charge >= 0.3 is 0 Å². The van der Waals surface area contributed by atoms with Crippen molar-refractivity contribution in [2.24, 2.45) is 16.7 Å². The minimum atomic E-state index is -4.25. The van der Waals surface area contributed by atoms with E-state index >= 15 is 0 Å². The van der Waals surface area contributed by atoms with Crippen LogP contribution in [0.15, 0.2) is 47.6 Å². The van der Waals surface area contributed by atoms with E-state index in [-0.39, 0.29) is 16.7 Å². The molecule has 0 unspecified atom stereocenters. The number of aromatic nitrogens is 4. The number of rotatable bonds is 5. The first-order valence-electron chi connectivity index (χ1n) is 15.5.